The van der Waals surface area contributed by atoms with Crippen LogP contribution in [0.3, 0.4) is 0 Å². The first-order chi connectivity index (χ1) is 14.0. The number of aryl methyl sites for hydroxylation is 2. The van der Waals surface area contributed by atoms with Crippen LogP contribution in [0.15, 0.2) is 64.1 Å². The van der Waals surface area contributed by atoms with Crippen molar-refractivity contribution in [3.8, 4) is 0 Å². The molecule has 0 fully saturated rings. The quantitative estimate of drug-likeness (QED) is 0.516. The van der Waals surface area contributed by atoms with Gasteiger partial charge in [-0.05, 0) is 37.6 Å². The minimum Gasteiger partial charge on any atom is -0.459 e. The molecule has 0 saturated carbocycles. The highest BCUT2D eigenvalue weighted by Crippen LogP contribution is 2.27. The summed E-state index contributed by atoms with van der Waals surface area (Å²) in [5.41, 5.74) is 2.34. The van der Waals surface area contributed by atoms with Gasteiger partial charge in [-0.15, -0.1) is 0 Å². The molecule has 148 valence electrons. The first-order valence-electron chi connectivity index (χ1n) is 9.64. The van der Waals surface area contributed by atoms with Crippen molar-refractivity contribution in [1.82, 2.24) is 14.5 Å². The second kappa shape index (κ2) is 7.54. The number of rotatable bonds is 5. The number of hydrogen-bond acceptors (Lipinski definition) is 4. The van der Waals surface area contributed by atoms with Crippen molar-refractivity contribution in [3.05, 3.63) is 76.5 Å². The maximum Gasteiger partial charge on any atom is 0.261 e. The fourth-order valence-corrected chi connectivity index (χ4v) is 3.50. The van der Waals surface area contributed by atoms with Crippen molar-refractivity contribution >= 4 is 27.8 Å². The normalized spacial score (nSPS) is 12.4. The minimum atomic E-state index is -0.205. The maximum atomic E-state index is 12.7. The van der Waals surface area contributed by atoms with Crippen molar-refractivity contribution in [1.29, 1.82) is 0 Å². The van der Waals surface area contributed by atoms with Gasteiger partial charge in [-0.25, -0.2) is 4.98 Å². The molecule has 0 radical (unpaired) electrons. The topological polar surface area (TPSA) is 68.3 Å². The third-order valence-corrected chi connectivity index (χ3v) is 5.45. The lowest BCUT2D eigenvalue weighted by Gasteiger charge is -2.23. The summed E-state index contributed by atoms with van der Waals surface area (Å²) in [4.78, 5) is 31.5. The molecule has 0 aliphatic heterocycles. The average molecular weight is 389 g/mol. The molecule has 0 unspecified atom stereocenters. The van der Waals surface area contributed by atoms with Crippen LogP contribution in [0.1, 0.15) is 30.7 Å². The zero-order valence-electron chi connectivity index (χ0n) is 16.8. The van der Waals surface area contributed by atoms with Crippen LogP contribution in [0.5, 0.6) is 0 Å². The summed E-state index contributed by atoms with van der Waals surface area (Å²) >= 11 is 0. The molecule has 0 aliphatic carbocycles. The zero-order valence-corrected chi connectivity index (χ0v) is 16.8. The average Bonchev–Trinajstić information content (AvgIpc) is 3.17. The number of para-hydroxylation sites is 2. The van der Waals surface area contributed by atoms with E-state index >= 15 is 0 Å². The summed E-state index contributed by atoms with van der Waals surface area (Å²) in [5.74, 6) is 0.677. The molecule has 0 N–H and O–H groups in total. The Morgan fingerprint density at radius 2 is 2.00 bits per heavy atom. The molecule has 1 atom stereocenters. The molecular formula is C23H23N3O3. The summed E-state index contributed by atoms with van der Waals surface area (Å²) < 4.78 is 7.38. The highest BCUT2D eigenvalue weighted by atomic mass is 16.3. The number of furan rings is 1. The van der Waals surface area contributed by atoms with Crippen molar-refractivity contribution in [3.63, 3.8) is 0 Å². The number of amides is 1. The second-order valence-electron chi connectivity index (χ2n) is 7.33. The van der Waals surface area contributed by atoms with Crippen molar-refractivity contribution in [2.24, 2.45) is 0 Å². The predicted molar refractivity (Wildman–Crippen MR) is 113 cm³/mol. The van der Waals surface area contributed by atoms with Gasteiger partial charge in [0.2, 0.25) is 5.91 Å². The van der Waals surface area contributed by atoms with Gasteiger partial charge in [-0.2, -0.15) is 0 Å². The molecule has 4 aromatic rings. The Balaban J connectivity index is 1.48. The highest BCUT2D eigenvalue weighted by molar-refractivity contribution is 5.81. The maximum absolute atomic E-state index is 12.7. The Kier molecular flexibility index (Phi) is 4.92. The van der Waals surface area contributed by atoms with Gasteiger partial charge in [0.1, 0.15) is 11.3 Å². The van der Waals surface area contributed by atoms with E-state index in [4.69, 9.17) is 4.42 Å². The molecule has 0 bridgehead atoms. The summed E-state index contributed by atoms with van der Waals surface area (Å²) in [6.45, 7) is 4.14. The van der Waals surface area contributed by atoms with E-state index in [9.17, 15) is 9.59 Å². The minimum absolute atomic E-state index is 0.0609. The molecule has 29 heavy (non-hydrogen) atoms. The Morgan fingerprint density at radius 1 is 1.21 bits per heavy atom. The third kappa shape index (κ3) is 3.53. The van der Waals surface area contributed by atoms with Crippen molar-refractivity contribution < 1.29 is 9.21 Å². The standard InChI is InChI=1S/C23H23N3O3/c1-15-7-6-9-18-22(15)24-14-26(23(18)28)12-11-21(27)25(3)16(2)20-13-17-8-4-5-10-19(17)29-20/h4-10,13-14,16H,11-12H2,1-3H3/t16-/m0/s1. The molecule has 2 heterocycles. The molecule has 0 spiro atoms. The van der Waals surface area contributed by atoms with E-state index in [1.807, 2.05) is 56.3 Å². The van der Waals surface area contributed by atoms with E-state index < -0.39 is 0 Å². The van der Waals surface area contributed by atoms with Crippen LogP contribution in [-0.2, 0) is 11.3 Å². The van der Waals surface area contributed by atoms with E-state index in [1.54, 1.807) is 18.0 Å². The van der Waals surface area contributed by atoms with Gasteiger partial charge in [0.05, 0.1) is 23.3 Å². The molecule has 1 amide bonds. The Bertz CT molecular complexity index is 1220. The summed E-state index contributed by atoms with van der Waals surface area (Å²) in [6, 6.07) is 15.1. The van der Waals surface area contributed by atoms with E-state index in [0.717, 1.165) is 22.3 Å². The van der Waals surface area contributed by atoms with E-state index in [2.05, 4.69) is 4.98 Å². The van der Waals surface area contributed by atoms with Crippen LogP contribution < -0.4 is 5.56 Å². The zero-order chi connectivity index (χ0) is 20.5. The SMILES string of the molecule is Cc1cccc2c(=O)n(CCC(=O)N(C)[C@@H](C)c3cc4ccccc4o3)cnc12. The number of aromatic nitrogens is 2. The van der Waals surface area contributed by atoms with Crippen LogP contribution in [0, 0.1) is 6.92 Å². The van der Waals surface area contributed by atoms with Gasteiger partial charge < -0.3 is 9.32 Å². The highest BCUT2D eigenvalue weighted by Gasteiger charge is 2.21. The Labute approximate surface area is 168 Å². The summed E-state index contributed by atoms with van der Waals surface area (Å²) in [7, 11) is 1.75. The van der Waals surface area contributed by atoms with Crippen molar-refractivity contribution in [2.45, 2.75) is 32.9 Å². The first-order valence-corrected chi connectivity index (χ1v) is 9.64. The van der Waals surface area contributed by atoms with Gasteiger partial charge in [-0.3, -0.25) is 14.2 Å². The molecule has 6 nitrogen and oxygen atoms in total. The van der Waals surface area contributed by atoms with Crippen LogP contribution in [-0.4, -0.2) is 27.4 Å². The molecular weight excluding hydrogens is 366 g/mol. The number of fused-ring (bicyclic) bond motifs is 2. The van der Waals surface area contributed by atoms with Gasteiger partial charge in [0.25, 0.3) is 5.56 Å². The summed E-state index contributed by atoms with van der Waals surface area (Å²) in [5, 5.41) is 1.59. The molecule has 4 rings (SSSR count). The third-order valence-electron chi connectivity index (χ3n) is 5.45. The lowest BCUT2D eigenvalue weighted by atomic mass is 10.1. The lowest BCUT2D eigenvalue weighted by Crippen LogP contribution is -2.31. The van der Waals surface area contributed by atoms with E-state index in [1.165, 1.54) is 10.9 Å². The Hall–Kier alpha value is -3.41. The number of hydrogen-bond donors (Lipinski definition) is 0. The Morgan fingerprint density at radius 3 is 2.79 bits per heavy atom. The molecule has 6 heteroatoms. The van der Waals surface area contributed by atoms with E-state index in [-0.39, 0.29) is 30.5 Å². The van der Waals surface area contributed by atoms with Gasteiger partial charge in [-0.1, -0.05) is 30.3 Å². The van der Waals surface area contributed by atoms with E-state index in [0.29, 0.717) is 10.9 Å². The van der Waals surface area contributed by atoms with Crippen molar-refractivity contribution in [2.75, 3.05) is 7.05 Å². The predicted octanol–water partition coefficient (Wildman–Crippen LogP) is 4.06. The number of benzene rings is 2. The molecule has 0 aliphatic rings. The summed E-state index contributed by atoms with van der Waals surface area (Å²) in [6.07, 6.45) is 1.73. The van der Waals surface area contributed by atoms with Crippen LogP contribution in [0.2, 0.25) is 0 Å². The largest absolute Gasteiger partial charge is 0.459 e. The van der Waals surface area contributed by atoms with Crippen LogP contribution in [0.25, 0.3) is 21.9 Å². The van der Waals surface area contributed by atoms with Gasteiger partial charge >= 0.3 is 0 Å². The van der Waals surface area contributed by atoms with Crippen LogP contribution >= 0.6 is 0 Å². The second-order valence-corrected chi connectivity index (χ2v) is 7.33. The molecule has 0 saturated heterocycles. The van der Waals surface area contributed by atoms with Gasteiger partial charge in [0, 0.05) is 25.4 Å². The number of nitrogens with zero attached hydrogens (tertiary/aromatic N) is 3. The van der Waals surface area contributed by atoms with Gasteiger partial charge in [0.15, 0.2) is 0 Å². The smallest absolute Gasteiger partial charge is 0.261 e. The van der Waals surface area contributed by atoms with Crippen LogP contribution in [0.4, 0.5) is 0 Å². The first kappa shape index (κ1) is 18.9. The monoisotopic (exact) mass is 389 g/mol. The lowest BCUT2D eigenvalue weighted by molar-refractivity contribution is -0.132. The number of carbonyl (C=O) groups is 1. The number of carbonyl (C=O) groups excluding carboxylic acids is 1. The molecule has 2 aromatic heterocycles. The fourth-order valence-electron chi connectivity index (χ4n) is 3.50. The fraction of sp³-hybridized carbons (Fsp3) is 0.261. The molecule has 2 aromatic carbocycles.